The van der Waals surface area contributed by atoms with Gasteiger partial charge in [-0.1, -0.05) is 18.2 Å². The lowest BCUT2D eigenvalue weighted by molar-refractivity contribution is 1.10. The molecule has 0 spiro atoms. The van der Waals surface area contributed by atoms with Crippen LogP contribution in [0.3, 0.4) is 0 Å². The van der Waals surface area contributed by atoms with Crippen molar-refractivity contribution in [3.05, 3.63) is 78.4 Å². The maximum absolute atomic E-state index is 4.60. The van der Waals surface area contributed by atoms with Gasteiger partial charge >= 0.3 is 0 Å². The van der Waals surface area contributed by atoms with Crippen LogP contribution in [0.15, 0.2) is 66.3 Å². The van der Waals surface area contributed by atoms with E-state index >= 15 is 0 Å². The van der Waals surface area contributed by atoms with Crippen molar-refractivity contribution in [3.63, 3.8) is 0 Å². The summed E-state index contributed by atoms with van der Waals surface area (Å²) in [7, 11) is 0. The smallest absolute Gasteiger partial charge is 0.155 e. The lowest BCUT2D eigenvalue weighted by Gasteiger charge is -2.00. The van der Waals surface area contributed by atoms with Crippen molar-refractivity contribution < 1.29 is 0 Å². The summed E-state index contributed by atoms with van der Waals surface area (Å²) in [5.41, 5.74) is 6.61. The van der Waals surface area contributed by atoms with Gasteiger partial charge in [-0.05, 0) is 53.4 Å². The van der Waals surface area contributed by atoms with Crippen LogP contribution in [0.5, 0.6) is 0 Å². The monoisotopic (exact) mass is 391 g/mol. The van der Waals surface area contributed by atoms with Crippen LogP contribution in [-0.2, 0) is 0 Å². The molecule has 1 aromatic carbocycles. The molecular weight excluding hydrogens is 378 g/mol. The Bertz CT molecular complexity index is 1450. The molecule has 2 N–H and O–H groups in total. The van der Waals surface area contributed by atoms with E-state index < -0.39 is 0 Å². The van der Waals surface area contributed by atoms with Crippen LogP contribution in [0.2, 0.25) is 0 Å². The highest BCUT2D eigenvalue weighted by atomic mass is 32.1. The molecule has 5 aromatic heterocycles. The van der Waals surface area contributed by atoms with Crippen LogP contribution in [-0.4, -0.2) is 25.1 Å². The third-order valence-corrected chi connectivity index (χ3v) is 5.84. The van der Waals surface area contributed by atoms with Crippen molar-refractivity contribution in [3.8, 4) is 33.1 Å². The number of hydrogen-bond acceptors (Lipinski definition) is 4. The first-order valence-corrected chi connectivity index (χ1v) is 9.99. The second-order valence-electron chi connectivity index (χ2n) is 6.70. The summed E-state index contributed by atoms with van der Waals surface area (Å²) in [5, 5.41) is 11.7. The minimum absolute atomic E-state index is 0.755. The van der Waals surface area contributed by atoms with Gasteiger partial charge in [-0.2, -0.15) is 5.10 Å². The Morgan fingerprint density at radius 2 is 1.93 bits per heavy atom. The molecule has 0 saturated carbocycles. The van der Waals surface area contributed by atoms with Crippen molar-refractivity contribution in [2.24, 2.45) is 0 Å². The fourth-order valence-corrected chi connectivity index (χ4v) is 4.32. The summed E-state index contributed by atoms with van der Waals surface area (Å²) in [6.45, 7) is 0. The van der Waals surface area contributed by atoms with Gasteiger partial charge in [0.2, 0.25) is 0 Å². The summed E-state index contributed by atoms with van der Waals surface area (Å²) >= 11 is 1.69. The van der Waals surface area contributed by atoms with E-state index in [4.69, 9.17) is 0 Å². The molecule has 6 aromatic rings. The van der Waals surface area contributed by atoms with Gasteiger partial charge < -0.3 is 4.98 Å². The molecule has 5 nitrogen and oxygen atoms in total. The van der Waals surface area contributed by atoms with Crippen LogP contribution >= 0.6 is 11.3 Å². The van der Waals surface area contributed by atoms with E-state index in [1.807, 2.05) is 42.7 Å². The standard InChI is InChI=1S/C23H13N5S/c1-2-5-14(6-3-1)15-11-17-21(27-28-23(17)25-13-15)19-12-16-18(26-19)8-9-24-22(16)20-7-4-10-29-20/h2,4-13,26H,(H,25,27,28). The fourth-order valence-electron chi connectivity index (χ4n) is 3.58. The highest BCUT2D eigenvalue weighted by Crippen LogP contribution is 2.34. The van der Waals surface area contributed by atoms with Crippen molar-refractivity contribution in [2.75, 3.05) is 0 Å². The molecule has 0 aliphatic heterocycles. The van der Waals surface area contributed by atoms with Gasteiger partial charge in [-0.3, -0.25) is 10.1 Å². The molecule has 0 aliphatic carbocycles. The number of nitrogens with one attached hydrogen (secondary N) is 2. The number of nitrogens with zero attached hydrogens (tertiary/aromatic N) is 3. The number of aromatic nitrogens is 5. The molecule has 0 atom stereocenters. The zero-order chi connectivity index (χ0) is 19.2. The van der Waals surface area contributed by atoms with Gasteiger partial charge in [-0.25, -0.2) is 4.98 Å². The molecule has 0 amide bonds. The molecule has 0 bridgehead atoms. The zero-order valence-corrected chi connectivity index (χ0v) is 15.9. The zero-order valence-electron chi connectivity index (χ0n) is 15.1. The second-order valence-corrected chi connectivity index (χ2v) is 7.64. The predicted molar refractivity (Wildman–Crippen MR) is 115 cm³/mol. The lowest BCUT2D eigenvalue weighted by atomic mass is 10.1. The number of rotatable bonds is 3. The van der Waals surface area contributed by atoms with Crippen LogP contribution in [0, 0.1) is 12.1 Å². The van der Waals surface area contributed by atoms with Crippen LogP contribution < -0.4 is 0 Å². The molecular formula is C23H13N5S. The van der Waals surface area contributed by atoms with E-state index in [1.165, 1.54) is 0 Å². The first-order chi connectivity index (χ1) is 14.4. The minimum Gasteiger partial charge on any atom is -0.353 e. The van der Waals surface area contributed by atoms with Crippen molar-refractivity contribution in [1.82, 2.24) is 25.1 Å². The normalized spacial score (nSPS) is 11.2. The summed E-state index contributed by atoms with van der Waals surface area (Å²) in [5.74, 6) is 0. The SMILES string of the molecule is c1ccc(-c2cnc3[nH]nc(-c4cc5c(-c6cccs6)nccc5[nH]4)c3c2)cc#1. The number of fused-ring (bicyclic) bond motifs is 2. The highest BCUT2D eigenvalue weighted by Gasteiger charge is 2.15. The Labute approximate surface area is 170 Å². The van der Waals surface area contributed by atoms with Crippen LogP contribution in [0.4, 0.5) is 0 Å². The largest absolute Gasteiger partial charge is 0.353 e. The quantitative estimate of drug-likeness (QED) is 0.419. The van der Waals surface area contributed by atoms with E-state index in [1.54, 1.807) is 11.3 Å². The Morgan fingerprint density at radius 1 is 0.931 bits per heavy atom. The fraction of sp³-hybridized carbons (Fsp3) is 0. The molecule has 5 heterocycles. The maximum atomic E-state index is 4.60. The lowest BCUT2D eigenvalue weighted by Crippen LogP contribution is -1.82. The molecule has 0 aliphatic rings. The third kappa shape index (κ3) is 2.60. The second kappa shape index (κ2) is 6.30. The molecule has 0 saturated heterocycles. The number of H-pyrrole nitrogens is 2. The summed E-state index contributed by atoms with van der Waals surface area (Å²) in [6.07, 6.45) is 3.68. The summed E-state index contributed by atoms with van der Waals surface area (Å²) in [6, 6.07) is 22.0. The van der Waals surface area contributed by atoms with Gasteiger partial charge in [0.1, 0.15) is 5.69 Å². The van der Waals surface area contributed by atoms with Gasteiger partial charge in [0.25, 0.3) is 0 Å². The Morgan fingerprint density at radius 3 is 2.79 bits per heavy atom. The van der Waals surface area contributed by atoms with Crippen LogP contribution in [0.1, 0.15) is 0 Å². The van der Waals surface area contributed by atoms with Gasteiger partial charge in [0, 0.05) is 34.2 Å². The number of hydrogen-bond donors (Lipinski definition) is 2. The Hall–Kier alpha value is -3.95. The first kappa shape index (κ1) is 16.0. The molecule has 6 heteroatoms. The average Bonchev–Trinajstić information content (AvgIpc) is 3.52. The maximum Gasteiger partial charge on any atom is 0.155 e. The van der Waals surface area contributed by atoms with Crippen molar-refractivity contribution in [1.29, 1.82) is 0 Å². The van der Waals surface area contributed by atoms with E-state index in [0.29, 0.717) is 0 Å². The third-order valence-electron chi connectivity index (χ3n) is 4.96. The average molecular weight is 391 g/mol. The summed E-state index contributed by atoms with van der Waals surface area (Å²) < 4.78 is 0. The highest BCUT2D eigenvalue weighted by molar-refractivity contribution is 7.13. The van der Waals surface area contributed by atoms with E-state index in [-0.39, 0.29) is 0 Å². The van der Waals surface area contributed by atoms with E-state index in [9.17, 15) is 0 Å². The van der Waals surface area contributed by atoms with Crippen molar-refractivity contribution >= 4 is 33.3 Å². The molecule has 29 heavy (non-hydrogen) atoms. The molecule has 136 valence electrons. The number of aromatic amines is 2. The van der Waals surface area contributed by atoms with Gasteiger partial charge in [0.05, 0.1) is 16.3 Å². The Balaban J connectivity index is 1.53. The number of pyridine rings is 2. The van der Waals surface area contributed by atoms with Gasteiger partial charge in [0.15, 0.2) is 5.65 Å². The molecule has 6 rings (SSSR count). The molecule has 0 radical (unpaired) electrons. The van der Waals surface area contributed by atoms with E-state index in [0.717, 1.165) is 55.0 Å². The van der Waals surface area contributed by atoms with Gasteiger partial charge in [-0.15, -0.1) is 11.3 Å². The van der Waals surface area contributed by atoms with Crippen molar-refractivity contribution in [2.45, 2.75) is 0 Å². The Kier molecular flexibility index (Phi) is 3.48. The number of thiophene rings is 1. The molecule has 0 fully saturated rings. The predicted octanol–water partition coefficient (Wildman–Crippen LogP) is 5.50. The minimum atomic E-state index is 0.755. The first-order valence-electron chi connectivity index (χ1n) is 9.11. The summed E-state index contributed by atoms with van der Waals surface area (Å²) in [4.78, 5) is 13.8. The van der Waals surface area contributed by atoms with Crippen LogP contribution in [0.25, 0.3) is 55.0 Å². The van der Waals surface area contributed by atoms with E-state index in [2.05, 4.69) is 60.9 Å². The topological polar surface area (TPSA) is 70.2 Å². The molecule has 0 unspecified atom stereocenters.